The van der Waals surface area contributed by atoms with E-state index in [1.807, 2.05) is 11.8 Å². The summed E-state index contributed by atoms with van der Waals surface area (Å²) in [4.78, 5) is 27.0. The van der Waals surface area contributed by atoms with Gasteiger partial charge in [-0.1, -0.05) is 6.92 Å². The minimum Gasteiger partial charge on any atom is -0.465 e. The molecule has 1 aromatic rings. The maximum absolute atomic E-state index is 11.9. The van der Waals surface area contributed by atoms with Gasteiger partial charge in [-0.05, 0) is 18.0 Å². The minimum atomic E-state index is -0.537. The van der Waals surface area contributed by atoms with E-state index in [9.17, 15) is 9.59 Å². The van der Waals surface area contributed by atoms with Gasteiger partial charge >= 0.3 is 5.97 Å². The number of likely N-dealkylation sites (N-methyl/N-ethyl adjacent to an activating group) is 1. The highest BCUT2D eigenvalue weighted by Gasteiger charge is 2.25. The third kappa shape index (κ3) is 3.60. The van der Waals surface area contributed by atoms with E-state index in [1.54, 1.807) is 14.1 Å². The molecule has 2 N–H and O–H groups in total. The lowest BCUT2D eigenvalue weighted by Crippen LogP contribution is -2.37. The Morgan fingerprint density at radius 1 is 1.40 bits per heavy atom. The van der Waals surface area contributed by atoms with Crippen molar-refractivity contribution >= 4 is 34.2 Å². The Morgan fingerprint density at radius 3 is 2.55 bits per heavy atom. The van der Waals surface area contributed by atoms with Gasteiger partial charge < -0.3 is 20.3 Å². The van der Waals surface area contributed by atoms with Gasteiger partial charge in [0.05, 0.1) is 13.7 Å². The van der Waals surface area contributed by atoms with Crippen LogP contribution in [0.5, 0.6) is 0 Å². The summed E-state index contributed by atoms with van der Waals surface area (Å²) in [5.74, 6) is -0.457. The molecule has 0 fully saturated rings. The van der Waals surface area contributed by atoms with Gasteiger partial charge in [0.2, 0.25) is 5.91 Å². The first kappa shape index (κ1) is 16.2. The number of carbonyl (C=O) groups is 2. The van der Waals surface area contributed by atoms with Crippen LogP contribution in [0.2, 0.25) is 0 Å². The van der Waals surface area contributed by atoms with Crippen LogP contribution in [0.15, 0.2) is 0 Å². The Bertz CT molecular complexity index is 487. The summed E-state index contributed by atoms with van der Waals surface area (Å²) >= 11 is 1.10. The molecule has 1 amide bonds. The van der Waals surface area contributed by atoms with Crippen molar-refractivity contribution < 1.29 is 14.3 Å². The van der Waals surface area contributed by atoms with Gasteiger partial charge in [0.1, 0.15) is 10.6 Å². The van der Waals surface area contributed by atoms with Gasteiger partial charge in [0.15, 0.2) is 5.82 Å². The Labute approximate surface area is 122 Å². The number of nitrogen functional groups attached to an aromatic ring is 1. The number of amides is 1. The van der Waals surface area contributed by atoms with Crippen LogP contribution in [0.25, 0.3) is 0 Å². The van der Waals surface area contributed by atoms with Gasteiger partial charge in [0.25, 0.3) is 0 Å². The Balaban J connectivity index is 3.09. The second-order valence-electron chi connectivity index (χ2n) is 4.45. The van der Waals surface area contributed by atoms with E-state index >= 15 is 0 Å². The zero-order valence-corrected chi connectivity index (χ0v) is 13.0. The van der Waals surface area contributed by atoms with E-state index in [4.69, 9.17) is 10.5 Å². The molecule has 0 aliphatic carbocycles. The molecule has 8 heteroatoms. The number of carbonyl (C=O) groups excluding carboxylic acids is 2. The number of hydrogen-bond acceptors (Lipinski definition) is 7. The van der Waals surface area contributed by atoms with Crippen LogP contribution in [0.3, 0.4) is 0 Å². The largest absolute Gasteiger partial charge is 0.465 e. The van der Waals surface area contributed by atoms with Crippen molar-refractivity contribution in [2.24, 2.45) is 0 Å². The molecule has 0 saturated heterocycles. The lowest BCUT2D eigenvalue weighted by molar-refractivity contribution is -0.127. The first-order chi connectivity index (χ1) is 9.42. The van der Waals surface area contributed by atoms with Crippen molar-refractivity contribution in [1.29, 1.82) is 0 Å². The average molecular weight is 300 g/mol. The number of rotatable bonds is 6. The van der Waals surface area contributed by atoms with E-state index in [2.05, 4.69) is 4.37 Å². The molecule has 0 saturated carbocycles. The van der Waals surface area contributed by atoms with Crippen molar-refractivity contribution in [2.75, 3.05) is 44.9 Å². The molecule has 1 aromatic heterocycles. The van der Waals surface area contributed by atoms with Crippen LogP contribution in [0.4, 0.5) is 10.8 Å². The summed E-state index contributed by atoms with van der Waals surface area (Å²) in [5, 5.41) is 0.575. The summed E-state index contributed by atoms with van der Waals surface area (Å²) in [6, 6.07) is 0. The standard InChI is InChI=1S/C12H20N4O3S/c1-5-6-16(7-8(17)15(2)3)11-9(12(18)19-4)10(13)14-20-11/h5-7H2,1-4H3,(H2,13,14). The number of nitrogens with zero attached hydrogens (tertiary/aromatic N) is 3. The zero-order chi connectivity index (χ0) is 15.3. The molecule has 0 aliphatic rings. The van der Waals surface area contributed by atoms with Gasteiger partial charge in [-0.3, -0.25) is 4.79 Å². The van der Waals surface area contributed by atoms with Crippen molar-refractivity contribution in [3.63, 3.8) is 0 Å². The number of aromatic nitrogens is 1. The van der Waals surface area contributed by atoms with Crippen molar-refractivity contribution in [3.05, 3.63) is 5.56 Å². The number of nitrogens with two attached hydrogens (primary N) is 1. The summed E-state index contributed by atoms with van der Waals surface area (Å²) in [7, 11) is 4.67. The fourth-order valence-electron chi connectivity index (χ4n) is 1.63. The summed E-state index contributed by atoms with van der Waals surface area (Å²) < 4.78 is 8.72. The molecule has 0 aromatic carbocycles. The topological polar surface area (TPSA) is 88.8 Å². The van der Waals surface area contributed by atoms with Gasteiger partial charge in [-0.15, -0.1) is 0 Å². The van der Waals surface area contributed by atoms with Crippen LogP contribution >= 0.6 is 11.5 Å². The van der Waals surface area contributed by atoms with E-state index in [0.29, 0.717) is 11.5 Å². The minimum absolute atomic E-state index is 0.0544. The molecule has 112 valence electrons. The highest BCUT2D eigenvalue weighted by atomic mass is 32.1. The Kier molecular flexibility index (Phi) is 5.75. The molecule has 0 radical (unpaired) electrons. The van der Waals surface area contributed by atoms with Crippen molar-refractivity contribution in [2.45, 2.75) is 13.3 Å². The molecule has 20 heavy (non-hydrogen) atoms. The molecule has 0 unspecified atom stereocenters. The fraction of sp³-hybridized carbons (Fsp3) is 0.583. The second kappa shape index (κ2) is 7.09. The van der Waals surface area contributed by atoms with E-state index < -0.39 is 5.97 Å². The maximum Gasteiger partial charge on any atom is 0.344 e. The number of ether oxygens (including phenoxy) is 1. The molecule has 0 aliphatic heterocycles. The predicted molar refractivity (Wildman–Crippen MR) is 79.1 cm³/mol. The first-order valence-corrected chi connectivity index (χ1v) is 6.98. The third-order valence-corrected chi connectivity index (χ3v) is 3.62. The lowest BCUT2D eigenvalue weighted by Gasteiger charge is -2.24. The Hall–Kier alpha value is -1.83. The molecule has 0 atom stereocenters. The van der Waals surface area contributed by atoms with Gasteiger partial charge in [0, 0.05) is 20.6 Å². The quantitative estimate of drug-likeness (QED) is 0.782. The highest BCUT2D eigenvalue weighted by molar-refractivity contribution is 7.11. The number of anilines is 2. The molecular weight excluding hydrogens is 280 g/mol. The normalized spacial score (nSPS) is 10.2. The van der Waals surface area contributed by atoms with Crippen LogP contribution in [-0.4, -0.2) is 55.4 Å². The molecule has 0 spiro atoms. The third-order valence-electron chi connectivity index (χ3n) is 2.70. The van der Waals surface area contributed by atoms with E-state index in [-0.39, 0.29) is 23.8 Å². The van der Waals surface area contributed by atoms with E-state index in [1.165, 1.54) is 12.0 Å². The van der Waals surface area contributed by atoms with E-state index in [0.717, 1.165) is 18.0 Å². The zero-order valence-electron chi connectivity index (χ0n) is 12.2. The second-order valence-corrected chi connectivity index (χ2v) is 5.20. The summed E-state index contributed by atoms with van der Waals surface area (Å²) in [6.07, 6.45) is 0.832. The van der Waals surface area contributed by atoms with Crippen LogP contribution in [-0.2, 0) is 9.53 Å². The van der Waals surface area contributed by atoms with Crippen LogP contribution in [0, 0.1) is 0 Å². The average Bonchev–Trinajstić information content (AvgIpc) is 2.79. The monoisotopic (exact) mass is 300 g/mol. The highest BCUT2D eigenvalue weighted by Crippen LogP contribution is 2.31. The number of esters is 1. The lowest BCUT2D eigenvalue weighted by atomic mass is 10.2. The van der Waals surface area contributed by atoms with Gasteiger partial charge in [-0.2, -0.15) is 4.37 Å². The maximum atomic E-state index is 11.9. The smallest absolute Gasteiger partial charge is 0.344 e. The predicted octanol–water partition coefficient (Wildman–Crippen LogP) is 0.817. The molecule has 0 bridgehead atoms. The molecular formula is C12H20N4O3S. The van der Waals surface area contributed by atoms with Gasteiger partial charge in [-0.25, -0.2) is 4.79 Å². The summed E-state index contributed by atoms with van der Waals surface area (Å²) in [5.41, 5.74) is 5.95. The Morgan fingerprint density at radius 2 is 2.05 bits per heavy atom. The van der Waals surface area contributed by atoms with Crippen molar-refractivity contribution in [3.8, 4) is 0 Å². The van der Waals surface area contributed by atoms with Crippen LogP contribution in [0.1, 0.15) is 23.7 Å². The first-order valence-electron chi connectivity index (χ1n) is 6.20. The van der Waals surface area contributed by atoms with Crippen molar-refractivity contribution in [1.82, 2.24) is 9.27 Å². The molecule has 1 heterocycles. The SMILES string of the molecule is CCCN(CC(=O)N(C)C)c1snc(N)c1C(=O)OC. The number of hydrogen-bond donors (Lipinski definition) is 1. The fourth-order valence-corrected chi connectivity index (χ4v) is 2.46. The number of methoxy groups -OCH3 is 1. The summed E-state index contributed by atoms with van der Waals surface area (Å²) in [6.45, 7) is 2.80. The molecule has 1 rings (SSSR count). The van der Waals surface area contributed by atoms with Crippen LogP contribution < -0.4 is 10.6 Å². The molecule has 7 nitrogen and oxygen atoms in total.